The number of hydrogen-bond acceptors (Lipinski definition) is 50. The third-order valence-electron chi connectivity index (χ3n) is 8.92. The molecule has 136 heavy (non-hydrogen) atoms. The Hall–Kier alpha value is 2.15. The summed E-state index contributed by atoms with van der Waals surface area (Å²) in [5.74, 6) is 1.75. The summed E-state index contributed by atoms with van der Waals surface area (Å²) in [7, 11) is -70.4. The van der Waals surface area contributed by atoms with Gasteiger partial charge >= 0.3 is 228 Å². The molecule has 1 aromatic carbocycles. The van der Waals surface area contributed by atoms with Gasteiger partial charge in [-0.15, -0.1) is 13.2 Å². The van der Waals surface area contributed by atoms with Gasteiger partial charge in [0.1, 0.15) is 0 Å². The van der Waals surface area contributed by atoms with Crippen molar-refractivity contribution in [3.63, 3.8) is 0 Å². The summed E-state index contributed by atoms with van der Waals surface area (Å²) in [6.07, 6.45) is 11.3. The van der Waals surface area contributed by atoms with E-state index in [1.807, 2.05) is 30.3 Å². The Kier molecular flexibility index (Phi) is 105. The standard InChI is InChI=1S/C8H11O3P.C6H12BrO5P3.C6H13O6P3.C6H13O5P3.2C5H11O5P3.2C4H9O5P3.2C3H9O5P3.C2H7O3P.2H3P/c1-12(9,10)11-7-8-5-3-2-4-6-8;2*1-13(8)11-15(10,12-14(2)9)6-4-3-5-7;1-4-5-6-14(9,10-12(2)7)11-13(3)8;2*1-4-5-13(8,9-11(2)6)10-12(3)7;2*1-4-12(7,8-10(2)5)9-11(3)6;2*1-9(4)7-11(3,6)8-10(2)5;1-5-6(2,3)4;;/h2-6H,7H2,1H3,(H,9,10);3-4H,5-6H2,1-2H3;3-4,7H,5-6H2,1-2H3;4-5H,6H2,1-3H3;2*4H,1,5H2,2-3H3;2*4H,1H2,2-3H3;2*1-3H3;1-2H3,(H,3,4);2*1H3/q;9*+2;;;/b;2*4-3+;5-4+;;;;;;;;;/i;;;;;;;;;;;2*1D. The van der Waals surface area contributed by atoms with Crippen molar-refractivity contribution in [1.29, 1.82) is 2.56 Å². The van der Waals surface area contributed by atoms with E-state index in [9.17, 15) is 132 Å². The lowest BCUT2D eigenvalue weighted by Crippen LogP contribution is -1.89. The minimum atomic E-state index is -3.63. The molecule has 0 aliphatic heterocycles. The molecule has 784 valence electrons. The van der Waals surface area contributed by atoms with Crippen LogP contribution in [0.2, 0.25) is 0 Å². The highest BCUT2D eigenvalue weighted by Gasteiger charge is 2.46. The molecule has 0 heterocycles. The van der Waals surface area contributed by atoms with Crippen molar-refractivity contribution in [3.8, 4) is 0 Å². The highest BCUT2D eigenvalue weighted by Crippen LogP contribution is 2.66. The number of aliphatic hydroxyl groups is 1. The van der Waals surface area contributed by atoms with Crippen LogP contribution in [0, 0.1) is 0 Å². The van der Waals surface area contributed by atoms with E-state index < -0.39 is 228 Å². The van der Waals surface area contributed by atoms with Crippen molar-refractivity contribution in [2.24, 2.45) is 0 Å². The lowest BCUT2D eigenvalue weighted by molar-refractivity contribution is 0.255. The maximum Gasteiger partial charge on any atom is 0.514 e. The maximum atomic E-state index is 11.8. The molecule has 0 saturated heterocycles. The predicted octanol–water partition coefficient (Wildman–Crippen LogP) is 30.2. The fourth-order valence-electron chi connectivity index (χ4n) is 5.69. The smallest absolute Gasteiger partial charge is 0.392 e. The Morgan fingerprint density at radius 1 is 0.324 bits per heavy atom. The predicted molar refractivity (Wildman–Crippen MR) is 554 cm³/mol. The molecule has 3 N–H and O–H groups in total. The van der Waals surface area contributed by atoms with E-state index in [-0.39, 0.29) is 44.0 Å². The zero-order valence-corrected chi connectivity index (χ0v) is 107. The number of benzene rings is 1. The normalized spacial score (nSPS) is 17.6. The third-order valence-corrected chi connectivity index (χ3v) is 49.8. The first-order chi connectivity index (χ1) is 62.6. The van der Waals surface area contributed by atoms with E-state index >= 15 is 0 Å². The Labute approximate surface area is 826 Å². The van der Waals surface area contributed by atoms with Crippen molar-refractivity contribution in [2.75, 3.05) is 196 Å². The molecule has 22 atom stereocenters. The van der Waals surface area contributed by atoms with Gasteiger partial charge in [-0.1, -0.05) is 168 Å². The number of rotatable bonds is 54. The molecule has 1 aromatic rings. The van der Waals surface area contributed by atoms with Crippen LogP contribution in [0.25, 0.3) is 0 Å². The fourth-order valence-corrected chi connectivity index (χ4v) is 41.3. The van der Waals surface area contributed by atoms with Gasteiger partial charge in [0.25, 0.3) is 0 Å². The van der Waals surface area contributed by atoms with Crippen LogP contribution in [0.1, 0.15) is 12.5 Å². The number of alkyl halides is 1. The Balaban J connectivity index is -0.000000127. The van der Waals surface area contributed by atoms with E-state index in [4.69, 9.17) is 22.0 Å². The quantitative estimate of drug-likeness (QED) is 0.0310. The van der Waals surface area contributed by atoms with Gasteiger partial charge in [-0.2, -0.15) is 19.7 Å². The van der Waals surface area contributed by atoms with Gasteiger partial charge < -0.3 is 23.9 Å². The Morgan fingerprint density at radius 3 is 0.669 bits per heavy atom. The largest absolute Gasteiger partial charge is 0.514 e. The number of aliphatic hydroxyl groups excluding tert-OH is 1. The van der Waals surface area contributed by atoms with Crippen LogP contribution in [0.15, 0.2) is 117 Å². The second-order valence-electron chi connectivity index (χ2n) is 22.3. The lowest BCUT2D eigenvalue weighted by atomic mass is 10.2. The van der Waals surface area contributed by atoms with Gasteiger partial charge in [0.15, 0.2) is 120 Å². The van der Waals surface area contributed by atoms with E-state index in [0.717, 1.165) is 37.2 Å². The molecule has 1 rings (SSSR count). The van der Waals surface area contributed by atoms with Crippen molar-refractivity contribution in [2.45, 2.75) is 13.5 Å². The van der Waals surface area contributed by atoms with Crippen molar-refractivity contribution in [3.05, 3.63) is 122 Å². The van der Waals surface area contributed by atoms with Crippen LogP contribution in [-0.2, 0) is 226 Å². The summed E-state index contributed by atoms with van der Waals surface area (Å²) in [4.78, 5) is 17.0. The summed E-state index contributed by atoms with van der Waals surface area (Å²) in [5, 5.41) is 9.05. The average molecular weight is 2620 g/mol. The first-order valence-corrected chi connectivity index (χ1v) is 84.4. The fraction of sp³-hybridized carbons (Fsp3) is 0.615. The molecular weight excluding hydrogens is 2500 g/mol. The number of allylic oxidation sites excluding steroid dienone is 7. The lowest BCUT2D eigenvalue weighted by Gasteiger charge is -2.05. The maximum absolute atomic E-state index is 11.8. The minimum Gasteiger partial charge on any atom is -0.392 e. The topological polar surface area (TPSA) is 740 Å². The molecule has 0 spiro atoms. The molecule has 0 radical (unpaired) electrons. The van der Waals surface area contributed by atoms with Crippen LogP contribution in [0.4, 0.5) is 0 Å². The minimum absolute atomic E-state index is 0.0205. The first kappa shape index (κ1) is 158. The van der Waals surface area contributed by atoms with Crippen LogP contribution in [0.5, 0.6) is 0 Å². The highest BCUT2D eigenvalue weighted by molar-refractivity contribution is 9.09. The summed E-state index contributed by atoms with van der Waals surface area (Å²) in [5.41, 5.74) is 0.897. The summed E-state index contributed by atoms with van der Waals surface area (Å²) in [6, 6.07) is 9.28. The molecule has 0 amide bonds. The number of hydrogen-bond donors (Lipinski definition) is 3. The highest BCUT2D eigenvalue weighted by atomic mass is 79.9. The van der Waals surface area contributed by atoms with Gasteiger partial charge in [-0.3, -0.25) is 41.1 Å². The molecule has 0 aromatic heterocycles. The molecule has 0 fully saturated rings. The molecule has 0 bridgehead atoms. The molecule has 84 heteroatoms. The second-order valence-corrected chi connectivity index (χ2v) is 68.3. The van der Waals surface area contributed by atoms with Gasteiger partial charge in [0, 0.05) is 50.7 Å². The molecule has 22 unspecified atom stereocenters. The van der Waals surface area contributed by atoms with Gasteiger partial charge in [0.05, 0.1) is 46.6 Å². The van der Waals surface area contributed by atoms with Crippen molar-refractivity contribution in [1.82, 2.24) is 0 Å². The Bertz CT molecular complexity index is 4410. The van der Waals surface area contributed by atoms with Gasteiger partial charge in [-0.05, 0) is 112 Å². The molecular formula is C52H120BrO52P31+18. The van der Waals surface area contributed by atoms with Crippen molar-refractivity contribution >= 4 is 264 Å². The summed E-state index contributed by atoms with van der Waals surface area (Å²) < 4.78 is 417. The van der Waals surface area contributed by atoms with E-state index in [1.165, 1.54) is 158 Å². The van der Waals surface area contributed by atoms with Gasteiger partial charge in [-0.25, -0.2) is 9.13 Å². The van der Waals surface area contributed by atoms with E-state index in [0.29, 0.717) is 5.33 Å². The summed E-state index contributed by atoms with van der Waals surface area (Å²) in [6.45, 7) is 41.7. The third kappa shape index (κ3) is 127. The second kappa shape index (κ2) is 89.9. The monoisotopic (exact) mass is 2620 g/mol. The molecule has 0 saturated carbocycles. The van der Waals surface area contributed by atoms with Crippen LogP contribution in [-0.4, -0.2) is 214 Å². The van der Waals surface area contributed by atoms with E-state index in [2.05, 4.69) is 124 Å². The molecule has 52 nitrogen and oxygen atoms in total. The van der Waals surface area contributed by atoms with Crippen LogP contribution < -0.4 is 0 Å². The Morgan fingerprint density at radius 2 is 0.515 bits per heavy atom. The van der Waals surface area contributed by atoms with Gasteiger partial charge in [0.2, 0.25) is 0 Å². The van der Waals surface area contributed by atoms with E-state index in [1.54, 1.807) is 50.9 Å². The van der Waals surface area contributed by atoms with Crippen LogP contribution >= 0.6 is 264 Å². The first-order valence-electron chi connectivity index (χ1n) is 35.3. The summed E-state index contributed by atoms with van der Waals surface area (Å²) >= 11 is 3.15. The van der Waals surface area contributed by atoms with Crippen LogP contribution in [0.3, 0.4) is 0 Å². The van der Waals surface area contributed by atoms with Crippen molar-refractivity contribution < 1.29 is 234 Å². The molecule has 0 aliphatic rings. The molecule has 0 aliphatic carbocycles. The zero-order valence-electron chi connectivity index (χ0n) is 79.5. The zero-order chi connectivity index (χ0) is 112. The number of halogens is 1. The average Bonchev–Trinajstić information content (AvgIpc) is 0.884. The SMILES string of the molecule is C/C=C/CP(=O)(O[P+](C)=O)O[P+](C)=O.C=CCP(=O)(O[P+](C)=O)O[P+](C)=O.C=CCP(=O)(O[P+](C)=O)O[P+](C)=O.C=CP(=O)(O[P+](C)=O)O[P+](C)=O.C=CP(=O)(O[P+](C)=O)O[P+](C)=O.COP(C)(=O)O.CP(=O)(O)OCc1ccccc1.C[P+](=O)OP(=O)(C/C=C/CBr)O[P+](C)=O.C[P+](=O)OP(=O)(C/C=C/CO)O[P+](C)=O.C[P+](=O)OP(C)(=O)O[P+](C)=O.C[P+](=O)OP(C)(=O)O[P+](C)=O.[2H]P.[2H]P.